The van der Waals surface area contributed by atoms with Crippen LogP contribution in [0.1, 0.15) is 18.1 Å². The van der Waals surface area contributed by atoms with Gasteiger partial charge in [-0.1, -0.05) is 30.3 Å². The third-order valence-corrected chi connectivity index (χ3v) is 4.15. The second kappa shape index (κ2) is 7.03. The summed E-state index contributed by atoms with van der Waals surface area (Å²) in [4.78, 5) is 18.7. The molecule has 1 aliphatic rings. The van der Waals surface area contributed by atoms with Crippen LogP contribution >= 0.6 is 0 Å². The van der Waals surface area contributed by atoms with Crippen molar-refractivity contribution in [1.29, 1.82) is 0 Å². The first-order chi connectivity index (χ1) is 12.0. The molecule has 0 fully saturated rings. The van der Waals surface area contributed by atoms with E-state index in [1.165, 1.54) is 6.07 Å². The van der Waals surface area contributed by atoms with Crippen LogP contribution in [0.25, 0.3) is 0 Å². The number of carbonyl (C=O) groups is 1. The number of hydrogen-bond acceptors (Lipinski definition) is 4. The van der Waals surface area contributed by atoms with E-state index < -0.39 is 12.2 Å². The maximum Gasteiger partial charge on any atom is 0.238 e. The highest BCUT2D eigenvalue weighted by Crippen LogP contribution is 2.27. The van der Waals surface area contributed by atoms with Crippen molar-refractivity contribution in [2.24, 2.45) is 10.7 Å². The highest BCUT2D eigenvalue weighted by atomic mass is 19.1. The SMILES string of the molecule is C[C@H](N)C(=O)NC1CN(C)c2ccccc2C(c2ccccc2F)=N1. The molecule has 0 radical (unpaired) electrons. The fourth-order valence-corrected chi connectivity index (χ4v) is 2.87. The van der Waals surface area contributed by atoms with Gasteiger partial charge in [-0.25, -0.2) is 4.39 Å². The Balaban J connectivity index is 2.11. The Hall–Kier alpha value is -2.73. The normalized spacial score (nSPS) is 18.0. The van der Waals surface area contributed by atoms with Gasteiger partial charge in [0.1, 0.15) is 12.0 Å². The summed E-state index contributed by atoms with van der Waals surface area (Å²) in [5.74, 6) is -0.640. The molecule has 2 aromatic rings. The summed E-state index contributed by atoms with van der Waals surface area (Å²) in [6.07, 6.45) is -0.523. The second-order valence-corrected chi connectivity index (χ2v) is 6.17. The van der Waals surface area contributed by atoms with Crippen LogP contribution in [0.4, 0.5) is 10.1 Å². The minimum Gasteiger partial charge on any atom is -0.370 e. The first kappa shape index (κ1) is 17.1. The van der Waals surface area contributed by atoms with E-state index in [9.17, 15) is 9.18 Å². The monoisotopic (exact) mass is 340 g/mol. The topological polar surface area (TPSA) is 70.7 Å². The minimum absolute atomic E-state index is 0.291. The van der Waals surface area contributed by atoms with E-state index in [4.69, 9.17) is 5.73 Å². The highest BCUT2D eigenvalue weighted by Gasteiger charge is 2.25. The molecule has 3 N–H and O–H groups in total. The van der Waals surface area contributed by atoms with Crippen LogP contribution in [0.15, 0.2) is 53.5 Å². The van der Waals surface area contributed by atoms with Gasteiger partial charge in [0.2, 0.25) is 5.91 Å². The highest BCUT2D eigenvalue weighted by molar-refractivity contribution is 6.16. The second-order valence-electron chi connectivity index (χ2n) is 6.17. The van der Waals surface area contributed by atoms with Crippen LogP contribution in [-0.2, 0) is 4.79 Å². The number of rotatable bonds is 3. The summed E-state index contributed by atoms with van der Waals surface area (Å²) in [7, 11) is 1.92. The van der Waals surface area contributed by atoms with Crippen LogP contribution in [0.5, 0.6) is 0 Å². The molecule has 0 spiro atoms. The smallest absolute Gasteiger partial charge is 0.238 e. The Morgan fingerprint density at radius 3 is 2.56 bits per heavy atom. The van der Waals surface area contributed by atoms with Gasteiger partial charge in [-0.15, -0.1) is 0 Å². The number of amides is 1. The predicted molar refractivity (Wildman–Crippen MR) is 97.3 cm³/mol. The van der Waals surface area contributed by atoms with E-state index in [2.05, 4.69) is 10.3 Å². The van der Waals surface area contributed by atoms with Gasteiger partial charge >= 0.3 is 0 Å². The van der Waals surface area contributed by atoms with Crippen LogP contribution in [0, 0.1) is 5.82 Å². The van der Waals surface area contributed by atoms with E-state index in [0.717, 1.165) is 11.3 Å². The quantitative estimate of drug-likeness (QED) is 0.896. The van der Waals surface area contributed by atoms with Crippen molar-refractivity contribution in [2.75, 3.05) is 18.5 Å². The molecule has 6 heteroatoms. The Labute approximate surface area is 146 Å². The maximum atomic E-state index is 14.4. The van der Waals surface area contributed by atoms with Crippen LogP contribution in [-0.4, -0.2) is 37.4 Å². The number of anilines is 1. The molecule has 1 amide bonds. The average Bonchev–Trinajstić information content (AvgIpc) is 2.72. The van der Waals surface area contributed by atoms with Crippen molar-refractivity contribution in [2.45, 2.75) is 19.1 Å². The molecular weight excluding hydrogens is 319 g/mol. The fraction of sp³-hybridized carbons (Fsp3) is 0.263. The standard InChI is InChI=1S/C19H21FN4O/c1-12(21)19(25)23-17-11-24(2)16-10-6-4-8-14(16)18(22-17)13-7-3-5-9-15(13)20/h3-10,12,17H,11,21H2,1-2H3,(H,23,25)/t12-,17?/m0/s1. The van der Waals surface area contributed by atoms with E-state index in [0.29, 0.717) is 17.8 Å². The Bertz CT molecular complexity index is 819. The zero-order valence-corrected chi connectivity index (χ0v) is 14.2. The number of para-hydroxylation sites is 1. The molecule has 1 heterocycles. The van der Waals surface area contributed by atoms with Crippen LogP contribution < -0.4 is 16.0 Å². The molecule has 0 aliphatic carbocycles. The molecule has 25 heavy (non-hydrogen) atoms. The molecule has 5 nitrogen and oxygen atoms in total. The van der Waals surface area contributed by atoms with Gasteiger partial charge in [-0.3, -0.25) is 9.79 Å². The van der Waals surface area contributed by atoms with Gasteiger partial charge in [0.15, 0.2) is 0 Å². The van der Waals surface area contributed by atoms with Crippen LogP contribution in [0.3, 0.4) is 0 Å². The summed E-state index contributed by atoms with van der Waals surface area (Å²) in [5, 5.41) is 2.83. The summed E-state index contributed by atoms with van der Waals surface area (Å²) in [6.45, 7) is 2.08. The number of benzodiazepines with no additional fused rings is 1. The number of hydrogen-bond donors (Lipinski definition) is 2. The van der Waals surface area contributed by atoms with E-state index in [-0.39, 0.29) is 11.7 Å². The van der Waals surface area contributed by atoms with Gasteiger partial charge in [0, 0.05) is 23.9 Å². The molecule has 130 valence electrons. The number of nitrogens with two attached hydrogens (primary N) is 1. The molecule has 1 aliphatic heterocycles. The number of fused-ring (bicyclic) bond motifs is 1. The zero-order chi connectivity index (χ0) is 18.0. The summed E-state index contributed by atoms with van der Waals surface area (Å²) < 4.78 is 14.4. The minimum atomic E-state index is -0.636. The van der Waals surface area contributed by atoms with Crippen LogP contribution in [0.2, 0.25) is 0 Å². The Morgan fingerprint density at radius 2 is 1.88 bits per heavy atom. The van der Waals surface area contributed by atoms with Gasteiger partial charge in [0.25, 0.3) is 0 Å². The molecule has 3 rings (SSSR count). The maximum absolute atomic E-state index is 14.4. The van der Waals surface area contributed by atoms with Crippen molar-refractivity contribution in [3.63, 3.8) is 0 Å². The zero-order valence-electron chi connectivity index (χ0n) is 14.2. The number of halogens is 1. The first-order valence-electron chi connectivity index (χ1n) is 8.16. The van der Waals surface area contributed by atoms with Gasteiger partial charge < -0.3 is 16.0 Å². The molecule has 0 aromatic heterocycles. The van der Waals surface area contributed by atoms with Gasteiger partial charge in [-0.05, 0) is 25.1 Å². The number of nitrogens with one attached hydrogen (secondary N) is 1. The lowest BCUT2D eigenvalue weighted by atomic mass is 10.00. The lowest BCUT2D eigenvalue weighted by Gasteiger charge is -2.23. The van der Waals surface area contributed by atoms with Crippen molar-refractivity contribution in [3.05, 3.63) is 65.5 Å². The lowest BCUT2D eigenvalue weighted by Crippen LogP contribution is -2.47. The summed E-state index contributed by atoms with van der Waals surface area (Å²) >= 11 is 0. The molecule has 2 atom stereocenters. The molecule has 0 saturated carbocycles. The molecule has 0 bridgehead atoms. The van der Waals surface area contributed by atoms with E-state index in [1.807, 2.05) is 36.2 Å². The summed E-state index contributed by atoms with van der Waals surface area (Å²) in [6, 6.07) is 13.6. The average molecular weight is 340 g/mol. The number of nitrogens with zero attached hydrogens (tertiary/aromatic N) is 2. The number of aliphatic imine (C=N–C) groups is 1. The molecule has 0 saturated heterocycles. The lowest BCUT2D eigenvalue weighted by molar-refractivity contribution is -0.122. The third-order valence-electron chi connectivity index (χ3n) is 4.15. The van der Waals surface area contributed by atoms with Crippen molar-refractivity contribution in [3.8, 4) is 0 Å². The van der Waals surface area contributed by atoms with Crippen molar-refractivity contribution >= 4 is 17.3 Å². The van der Waals surface area contributed by atoms with E-state index >= 15 is 0 Å². The van der Waals surface area contributed by atoms with E-state index in [1.54, 1.807) is 25.1 Å². The number of likely N-dealkylation sites (N-methyl/N-ethyl adjacent to an activating group) is 1. The Morgan fingerprint density at radius 1 is 1.24 bits per heavy atom. The van der Waals surface area contributed by atoms with Crippen molar-refractivity contribution in [1.82, 2.24) is 5.32 Å². The number of benzene rings is 2. The first-order valence-corrected chi connectivity index (χ1v) is 8.16. The number of carbonyl (C=O) groups excluding carboxylic acids is 1. The largest absolute Gasteiger partial charge is 0.370 e. The summed E-state index contributed by atoms with van der Waals surface area (Å²) in [5.41, 5.74) is 8.33. The molecule has 1 unspecified atom stereocenters. The predicted octanol–water partition coefficient (Wildman–Crippen LogP) is 1.90. The van der Waals surface area contributed by atoms with Gasteiger partial charge in [0.05, 0.1) is 18.3 Å². The Kier molecular flexibility index (Phi) is 4.81. The third kappa shape index (κ3) is 3.53. The fourth-order valence-electron chi connectivity index (χ4n) is 2.87. The molecule has 2 aromatic carbocycles. The van der Waals surface area contributed by atoms with Crippen molar-refractivity contribution < 1.29 is 9.18 Å². The molecular formula is C19H21FN4O. The van der Waals surface area contributed by atoms with Gasteiger partial charge in [-0.2, -0.15) is 0 Å².